The molecule has 0 saturated heterocycles. The Bertz CT molecular complexity index is 461. The van der Waals surface area contributed by atoms with E-state index in [1.807, 2.05) is 21.1 Å². The summed E-state index contributed by atoms with van der Waals surface area (Å²) in [5, 5.41) is 3.42. The fraction of sp³-hybridized carbons (Fsp3) is 0.600. The zero-order chi connectivity index (χ0) is 15.5. The molecule has 1 aromatic carbocycles. The highest BCUT2D eigenvalue weighted by molar-refractivity contribution is 9.10. The van der Waals surface area contributed by atoms with Crippen LogP contribution in [0.3, 0.4) is 0 Å². The highest BCUT2D eigenvalue weighted by atomic mass is 79.9. The van der Waals surface area contributed by atoms with Gasteiger partial charge in [0.2, 0.25) is 0 Å². The molecule has 1 atom stereocenters. The smallest absolute Gasteiger partial charge is 0.147 e. The third-order valence-electron chi connectivity index (χ3n) is 4.32. The van der Waals surface area contributed by atoms with E-state index in [2.05, 4.69) is 40.0 Å². The van der Waals surface area contributed by atoms with Crippen molar-refractivity contribution in [3.05, 3.63) is 33.0 Å². The van der Waals surface area contributed by atoms with Gasteiger partial charge in [-0.1, -0.05) is 31.5 Å². The van der Waals surface area contributed by atoms with Crippen molar-refractivity contribution in [3.8, 4) is 0 Å². The molecule has 0 aliphatic heterocycles. The van der Waals surface area contributed by atoms with E-state index in [4.69, 9.17) is 11.6 Å². The number of likely N-dealkylation sites (N-methyl/N-ethyl adjacent to an activating group) is 2. The minimum Gasteiger partial charge on any atom is -0.311 e. The van der Waals surface area contributed by atoms with Gasteiger partial charge in [0.15, 0.2) is 0 Å². The summed E-state index contributed by atoms with van der Waals surface area (Å²) >= 11 is 9.30. The highest BCUT2D eigenvalue weighted by Gasteiger charge is 2.39. The molecule has 0 aliphatic carbocycles. The molecule has 0 radical (unpaired) electrons. The topological polar surface area (TPSA) is 15.3 Å². The van der Waals surface area contributed by atoms with Crippen LogP contribution in [0.2, 0.25) is 5.02 Å². The molecular formula is C15H23BrClFN2. The maximum absolute atomic E-state index is 14.5. The Morgan fingerprint density at radius 2 is 1.90 bits per heavy atom. The molecule has 1 unspecified atom stereocenters. The Morgan fingerprint density at radius 1 is 1.35 bits per heavy atom. The van der Waals surface area contributed by atoms with Gasteiger partial charge >= 0.3 is 0 Å². The first-order valence-corrected chi connectivity index (χ1v) is 8.00. The lowest BCUT2D eigenvalue weighted by Crippen LogP contribution is -2.52. The first-order chi connectivity index (χ1) is 9.35. The molecule has 0 heterocycles. The molecule has 0 amide bonds. The predicted molar refractivity (Wildman–Crippen MR) is 87.9 cm³/mol. The predicted octanol–water partition coefficient (Wildman–Crippen LogP) is 4.62. The maximum atomic E-state index is 14.5. The van der Waals surface area contributed by atoms with Crippen LogP contribution >= 0.6 is 27.5 Å². The van der Waals surface area contributed by atoms with E-state index in [1.165, 1.54) is 0 Å². The van der Waals surface area contributed by atoms with Crippen molar-refractivity contribution in [1.82, 2.24) is 10.2 Å². The molecule has 0 saturated carbocycles. The van der Waals surface area contributed by atoms with Gasteiger partial charge in [-0.05, 0) is 56.0 Å². The number of hydrogen-bond acceptors (Lipinski definition) is 2. The quantitative estimate of drug-likeness (QED) is 0.740. The fourth-order valence-corrected chi connectivity index (χ4v) is 3.50. The molecule has 1 N–H and O–H groups in total. The lowest BCUT2D eigenvalue weighted by atomic mass is 9.79. The monoisotopic (exact) mass is 364 g/mol. The normalized spacial score (nSPS) is 13.8. The third-order valence-corrected chi connectivity index (χ3v) is 5.58. The van der Waals surface area contributed by atoms with Crippen LogP contribution in [0.1, 0.15) is 38.3 Å². The summed E-state index contributed by atoms with van der Waals surface area (Å²) in [7, 11) is 5.94. The molecule has 1 rings (SSSR count). The number of halogens is 3. The lowest BCUT2D eigenvalue weighted by molar-refractivity contribution is 0.0901. The van der Waals surface area contributed by atoms with Crippen molar-refractivity contribution in [2.75, 3.05) is 21.1 Å². The molecule has 1 aromatic rings. The first kappa shape index (κ1) is 17.9. The van der Waals surface area contributed by atoms with Crippen LogP contribution in [-0.2, 0) is 0 Å². The van der Waals surface area contributed by atoms with E-state index >= 15 is 0 Å². The van der Waals surface area contributed by atoms with E-state index in [0.29, 0.717) is 10.0 Å². The van der Waals surface area contributed by atoms with Gasteiger partial charge in [0.05, 0.1) is 11.1 Å². The Morgan fingerprint density at radius 3 is 2.30 bits per heavy atom. The van der Waals surface area contributed by atoms with Crippen LogP contribution in [-0.4, -0.2) is 31.6 Å². The maximum Gasteiger partial charge on any atom is 0.147 e. The van der Waals surface area contributed by atoms with Crippen LogP contribution in [0, 0.1) is 5.82 Å². The molecule has 0 aromatic heterocycles. The zero-order valence-electron chi connectivity index (χ0n) is 12.7. The van der Waals surface area contributed by atoms with Crippen LogP contribution in [0.4, 0.5) is 4.39 Å². The minimum absolute atomic E-state index is 0.127. The number of benzene rings is 1. The van der Waals surface area contributed by atoms with Gasteiger partial charge in [0.1, 0.15) is 5.82 Å². The van der Waals surface area contributed by atoms with Crippen molar-refractivity contribution in [2.45, 2.75) is 38.3 Å². The average Bonchev–Trinajstić information content (AvgIpc) is 2.43. The molecule has 2 nitrogen and oxygen atoms in total. The number of rotatable bonds is 6. The summed E-state index contributed by atoms with van der Waals surface area (Å²) in [6.07, 6.45) is 1.82. The van der Waals surface area contributed by atoms with Crippen LogP contribution in [0.25, 0.3) is 0 Å². The molecule has 114 valence electrons. The Balaban J connectivity index is 3.42. The van der Waals surface area contributed by atoms with E-state index in [1.54, 1.807) is 12.1 Å². The van der Waals surface area contributed by atoms with Crippen molar-refractivity contribution in [1.29, 1.82) is 0 Å². The van der Waals surface area contributed by atoms with Crippen LogP contribution < -0.4 is 5.32 Å². The zero-order valence-corrected chi connectivity index (χ0v) is 15.1. The minimum atomic E-state index is -0.353. The van der Waals surface area contributed by atoms with E-state index in [0.717, 1.165) is 12.8 Å². The molecule has 0 bridgehead atoms. The second kappa shape index (κ2) is 7.21. The lowest BCUT2D eigenvalue weighted by Gasteiger charge is -2.45. The van der Waals surface area contributed by atoms with Gasteiger partial charge in [0.25, 0.3) is 0 Å². The van der Waals surface area contributed by atoms with Gasteiger partial charge in [-0.25, -0.2) is 4.39 Å². The summed E-state index contributed by atoms with van der Waals surface area (Å²) in [5.74, 6) is -0.353. The first-order valence-electron chi connectivity index (χ1n) is 6.83. The van der Waals surface area contributed by atoms with E-state index in [9.17, 15) is 4.39 Å². The summed E-state index contributed by atoms with van der Waals surface area (Å²) in [6, 6.07) is 3.48. The van der Waals surface area contributed by atoms with E-state index in [-0.39, 0.29) is 22.4 Å². The van der Waals surface area contributed by atoms with Crippen LogP contribution in [0.5, 0.6) is 0 Å². The number of nitrogens with one attached hydrogen (secondary N) is 1. The average molecular weight is 366 g/mol. The Labute approximate surface area is 134 Å². The Kier molecular flexibility index (Phi) is 6.45. The van der Waals surface area contributed by atoms with Crippen molar-refractivity contribution in [2.24, 2.45) is 0 Å². The second-order valence-corrected chi connectivity index (χ2v) is 6.42. The van der Waals surface area contributed by atoms with Crippen molar-refractivity contribution in [3.63, 3.8) is 0 Å². The van der Waals surface area contributed by atoms with Gasteiger partial charge < -0.3 is 10.2 Å². The van der Waals surface area contributed by atoms with Crippen LogP contribution in [0.15, 0.2) is 16.6 Å². The standard InChI is InChI=1S/C15H23BrClFN2/c1-6-15(7-2,20(4)5)14(19-3)10-8-9-11(16)12(17)13(10)18/h8-9,14,19H,6-7H2,1-5H3. The molecule has 0 fully saturated rings. The van der Waals surface area contributed by atoms with Gasteiger partial charge in [-0.15, -0.1) is 0 Å². The third kappa shape index (κ3) is 3.03. The molecule has 5 heteroatoms. The second-order valence-electron chi connectivity index (χ2n) is 5.19. The van der Waals surface area contributed by atoms with Crippen molar-refractivity contribution >= 4 is 27.5 Å². The van der Waals surface area contributed by atoms with Gasteiger partial charge in [-0.3, -0.25) is 0 Å². The van der Waals surface area contributed by atoms with E-state index < -0.39 is 0 Å². The number of nitrogens with zero attached hydrogens (tertiary/aromatic N) is 1. The SMILES string of the molecule is CCC(CC)(C(NC)c1ccc(Br)c(Cl)c1F)N(C)C. The molecule has 0 aliphatic rings. The van der Waals surface area contributed by atoms with Crippen molar-refractivity contribution < 1.29 is 4.39 Å². The fourth-order valence-electron chi connectivity index (χ4n) is 3.03. The van der Waals surface area contributed by atoms with Gasteiger partial charge in [0, 0.05) is 15.6 Å². The molecular weight excluding hydrogens is 343 g/mol. The van der Waals surface area contributed by atoms with Gasteiger partial charge in [-0.2, -0.15) is 0 Å². The summed E-state index contributed by atoms with van der Waals surface area (Å²) < 4.78 is 15.1. The summed E-state index contributed by atoms with van der Waals surface area (Å²) in [6.45, 7) is 4.26. The highest BCUT2D eigenvalue weighted by Crippen LogP contribution is 2.39. The summed E-state index contributed by atoms with van der Waals surface area (Å²) in [4.78, 5) is 2.17. The Hall–Kier alpha value is -0.160. The summed E-state index contributed by atoms with van der Waals surface area (Å²) in [5.41, 5.74) is 0.449. The molecule has 0 spiro atoms. The number of hydrogen-bond donors (Lipinski definition) is 1. The molecule has 20 heavy (non-hydrogen) atoms. The largest absolute Gasteiger partial charge is 0.311 e.